The second kappa shape index (κ2) is 5.51. The molecule has 2 heterocycles. The summed E-state index contributed by atoms with van der Waals surface area (Å²) in [5.41, 5.74) is 6.37. The summed E-state index contributed by atoms with van der Waals surface area (Å²) in [6.07, 6.45) is 2.52. The topological polar surface area (TPSA) is 55.6 Å². The zero-order valence-electron chi connectivity index (χ0n) is 10.1. The van der Waals surface area contributed by atoms with Gasteiger partial charge in [0.2, 0.25) is 0 Å². The molecule has 1 aromatic heterocycles. The Balaban J connectivity index is 1.76. The fourth-order valence-corrected chi connectivity index (χ4v) is 2.78. The molecule has 4 nitrogen and oxygen atoms in total. The summed E-state index contributed by atoms with van der Waals surface area (Å²) in [7, 11) is 0. The molecule has 1 aromatic rings. The molecule has 2 rings (SSSR count). The van der Waals surface area contributed by atoms with Crippen molar-refractivity contribution in [2.75, 3.05) is 32.0 Å². The summed E-state index contributed by atoms with van der Waals surface area (Å²) in [6.45, 7) is 5.47. The monoisotopic (exact) mass is 254 g/mol. The first-order valence-corrected chi connectivity index (χ1v) is 6.74. The Morgan fingerprint density at radius 1 is 1.53 bits per heavy atom. The lowest BCUT2D eigenvalue weighted by atomic mass is 10.4. The number of thiophene rings is 1. The third-order valence-electron chi connectivity index (χ3n) is 3.00. The molecule has 0 spiro atoms. The molecule has 5 heteroatoms. The third-order valence-corrected chi connectivity index (χ3v) is 4.04. The number of carbonyl (C=O) groups is 1. The van der Waals surface area contributed by atoms with Gasteiger partial charge in [-0.3, -0.25) is 4.90 Å². The number of likely N-dealkylation sites (tertiary alicyclic amines) is 1. The number of carbonyl (C=O) groups excluding carboxylic acids is 1. The number of ether oxygens (including phenoxy) is 1. The maximum absolute atomic E-state index is 11.7. The number of nitrogens with two attached hydrogens (primary N) is 1. The van der Waals surface area contributed by atoms with Gasteiger partial charge in [-0.2, -0.15) is 0 Å². The maximum Gasteiger partial charge on any atom is 0.348 e. The molecule has 0 atom stereocenters. The van der Waals surface area contributed by atoms with Crippen LogP contribution >= 0.6 is 11.3 Å². The number of rotatable bonds is 4. The van der Waals surface area contributed by atoms with Gasteiger partial charge in [0, 0.05) is 17.1 Å². The van der Waals surface area contributed by atoms with Crippen molar-refractivity contribution in [1.29, 1.82) is 0 Å². The van der Waals surface area contributed by atoms with Crippen molar-refractivity contribution in [3.8, 4) is 0 Å². The van der Waals surface area contributed by atoms with Crippen LogP contribution in [0.4, 0.5) is 5.69 Å². The van der Waals surface area contributed by atoms with Crippen molar-refractivity contribution < 1.29 is 9.53 Å². The number of aryl methyl sites for hydroxylation is 1. The van der Waals surface area contributed by atoms with Gasteiger partial charge in [-0.25, -0.2) is 4.79 Å². The van der Waals surface area contributed by atoms with E-state index in [2.05, 4.69) is 4.90 Å². The molecule has 1 aliphatic heterocycles. The van der Waals surface area contributed by atoms with Gasteiger partial charge in [0.15, 0.2) is 0 Å². The largest absolute Gasteiger partial charge is 0.460 e. The van der Waals surface area contributed by atoms with Crippen LogP contribution in [0.15, 0.2) is 6.07 Å². The first kappa shape index (κ1) is 12.4. The Bertz CT molecular complexity index is 378. The molecule has 0 amide bonds. The van der Waals surface area contributed by atoms with Crippen molar-refractivity contribution in [3.63, 3.8) is 0 Å². The Kier molecular flexibility index (Phi) is 4.02. The highest BCUT2D eigenvalue weighted by Gasteiger charge is 2.14. The van der Waals surface area contributed by atoms with E-state index in [1.54, 1.807) is 6.07 Å². The van der Waals surface area contributed by atoms with Gasteiger partial charge >= 0.3 is 5.97 Å². The average Bonchev–Trinajstić information content (AvgIpc) is 2.90. The van der Waals surface area contributed by atoms with Gasteiger partial charge in [-0.05, 0) is 38.9 Å². The van der Waals surface area contributed by atoms with Crippen LogP contribution in [0.25, 0.3) is 0 Å². The first-order valence-electron chi connectivity index (χ1n) is 5.92. The summed E-state index contributed by atoms with van der Waals surface area (Å²) >= 11 is 1.39. The molecule has 2 N–H and O–H groups in total. The van der Waals surface area contributed by atoms with Gasteiger partial charge < -0.3 is 10.5 Å². The van der Waals surface area contributed by atoms with Gasteiger partial charge in [-0.15, -0.1) is 11.3 Å². The minimum absolute atomic E-state index is 0.256. The smallest absolute Gasteiger partial charge is 0.348 e. The number of hydrogen-bond acceptors (Lipinski definition) is 5. The van der Waals surface area contributed by atoms with Crippen LogP contribution < -0.4 is 5.73 Å². The molecular weight excluding hydrogens is 236 g/mol. The lowest BCUT2D eigenvalue weighted by Crippen LogP contribution is -2.25. The minimum atomic E-state index is -0.256. The van der Waals surface area contributed by atoms with E-state index in [0.717, 1.165) is 24.5 Å². The summed E-state index contributed by atoms with van der Waals surface area (Å²) in [4.78, 5) is 15.6. The minimum Gasteiger partial charge on any atom is -0.460 e. The molecule has 1 aliphatic rings. The molecule has 0 aliphatic carbocycles. The summed E-state index contributed by atoms with van der Waals surface area (Å²) < 4.78 is 5.23. The van der Waals surface area contributed by atoms with Crippen molar-refractivity contribution in [3.05, 3.63) is 15.8 Å². The number of nitrogens with zero attached hydrogens (tertiary/aromatic N) is 1. The number of nitrogen functional groups attached to an aromatic ring is 1. The zero-order valence-corrected chi connectivity index (χ0v) is 10.9. The zero-order chi connectivity index (χ0) is 12.3. The maximum atomic E-state index is 11.7. The van der Waals surface area contributed by atoms with Crippen LogP contribution in [0.2, 0.25) is 0 Å². The SMILES string of the molecule is Cc1sc(C(=O)OCCN2CCCC2)cc1N. The lowest BCUT2D eigenvalue weighted by Gasteiger charge is -2.13. The molecule has 17 heavy (non-hydrogen) atoms. The molecule has 1 fully saturated rings. The van der Waals surface area contributed by atoms with Gasteiger partial charge in [0.25, 0.3) is 0 Å². The highest BCUT2D eigenvalue weighted by molar-refractivity contribution is 7.14. The Hall–Kier alpha value is -1.07. The van der Waals surface area contributed by atoms with E-state index in [1.165, 1.54) is 24.2 Å². The number of hydrogen-bond donors (Lipinski definition) is 1. The van der Waals surface area contributed by atoms with Gasteiger partial charge in [0.1, 0.15) is 11.5 Å². The lowest BCUT2D eigenvalue weighted by molar-refractivity contribution is 0.0478. The average molecular weight is 254 g/mol. The predicted octanol–water partition coefficient (Wildman–Crippen LogP) is 1.89. The van der Waals surface area contributed by atoms with Gasteiger partial charge in [-0.1, -0.05) is 0 Å². The fraction of sp³-hybridized carbons (Fsp3) is 0.583. The standard InChI is InChI=1S/C12H18N2O2S/c1-9-10(13)8-11(17-9)12(15)16-7-6-14-4-2-3-5-14/h8H,2-7,13H2,1H3. The van der Waals surface area contributed by atoms with Crippen LogP contribution in [-0.4, -0.2) is 37.1 Å². The number of esters is 1. The van der Waals surface area contributed by atoms with Crippen LogP contribution in [0.3, 0.4) is 0 Å². The second-order valence-corrected chi connectivity index (χ2v) is 5.56. The first-order chi connectivity index (χ1) is 8.16. The molecule has 0 bridgehead atoms. The van der Waals surface area contributed by atoms with Crippen molar-refractivity contribution in [2.24, 2.45) is 0 Å². The third kappa shape index (κ3) is 3.20. The van der Waals surface area contributed by atoms with Crippen molar-refractivity contribution in [2.45, 2.75) is 19.8 Å². The van der Waals surface area contributed by atoms with Crippen LogP contribution in [0.5, 0.6) is 0 Å². The van der Waals surface area contributed by atoms with E-state index in [1.807, 2.05) is 6.92 Å². The van der Waals surface area contributed by atoms with Crippen LogP contribution in [0, 0.1) is 6.92 Å². The van der Waals surface area contributed by atoms with Crippen LogP contribution in [0.1, 0.15) is 27.4 Å². The molecule has 0 aromatic carbocycles. The van der Waals surface area contributed by atoms with E-state index in [4.69, 9.17) is 10.5 Å². The summed E-state index contributed by atoms with van der Waals surface area (Å²) in [5, 5.41) is 0. The fourth-order valence-electron chi connectivity index (χ4n) is 1.94. The highest BCUT2D eigenvalue weighted by atomic mass is 32.1. The normalized spacial score (nSPS) is 16.3. The second-order valence-electron chi connectivity index (χ2n) is 4.31. The Labute approximate surface area is 105 Å². The van der Waals surface area contributed by atoms with Crippen molar-refractivity contribution >= 4 is 23.0 Å². The molecule has 0 radical (unpaired) electrons. The predicted molar refractivity (Wildman–Crippen MR) is 69.4 cm³/mol. The molecule has 1 saturated heterocycles. The Morgan fingerprint density at radius 2 is 2.24 bits per heavy atom. The van der Waals surface area contributed by atoms with Crippen LogP contribution in [-0.2, 0) is 4.74 Å². The van der Waals surface area contributed by atoms with E-state index in [-0.39, 0.29) is 5.97 Å². The van der Waals surface area contributed by atoms with Crippen molar-refractivity contribution in [1.82, 2.24) is 4.90 Å². The highest BCUT2D eigenvalue weighted by Crippen LogP contribution is 2.23. The quantitative estimate of drug-likeness (QED) is 0.834. The van der Waals surface area contributed by atoms with E-state index in [0.29, 0.717) is 17.2 Å². The number of anilines is 1. The molecule has 0 unspecified atom stereocenters. The molecule has 94 valence electrons. The molecule has 0 saturated carbocycles. The summed E-state index contributed by atoms with van der Waals surface area (Å²) in [6, 6.07) is 1.69. The van der Waals surface area contributed by atoms with Gasteiger partial charge in [0.05, 0.1) is 0 Å². The van der Waals surface area contributed by atoms with E-state index in [9.17, 15) is 4.79 Å². The van der Waals surface area contributed by atoms with E-state index < -0.39 is 0 Å². The van der Waals surface area contributed by atoms with E-state index >= 15 is 0 Å². The molecular formula is C12H18N2O2S. The Morgan fingerprint density at radius 3 is 2.82 bits per heavy atom. The summed E-state index contributed by atoms with van der Waals surface area (Å²) in [5.74, 6) is -0.256.